The van der Waals surface area contributed by atoms with Crippen molar-refractivity contribution in [2.75, 3.05) is 0 Å². The van der Waals surface area contributed by atoms with Crippen molar-refractivity contribution in [1.82, 2.24) is 0 Å². The standard InChI is InChI=1S/C17H21BrO2/c1-10(2)12-5-6-13(14(9-12)11(3)4)17(19)15-7-8-16(18)20-15/h5-11,17,19H,1-4H3. The summed E-state index contributed by atoms with van der Waals surface area (Å²) in [6.07, 6.45) is -0.722. The summed E-state index contributed by atoms with van der Waals surface area (Å²) in [5.74, 6) is 1.41. The monoisotopic (exact) mass is 336 g/mol. The Balaban J connectivity index is 2.45. The van der Waals surface area contributed by atoms with Gasteiger partial charge in [0.2, 0.25) is 0 Å². The SMILES string of the molecule is CC(C)c1ccc(C(O)c2ccc(Br)o2)c(C(C)C)c1. The van der Waals surface area contributed by atoms with Crippen LogP contribution in [0.2, 0.25) is 0 Å². The summed E-state index contributed by atoms with van der Waals surface area (Å²) in [7, 11) is 0. The van der Waals surface area contributed by atoms with Gasteiger partial charge < -0.3 is 9.52 Å². The first-order chi connectivity index (χ1) is 9.40. The number of rotatable bonds is 4. The van der Waals surface area contributed by atoms with Crippen molar-refractivity contribution in [3.05, 3.63) is 57.5 Å². The van der Waals surface area contributed by atoms with E-state index in [9.17, 15) is 5.11 Å². The number of aliphatic hydroxyl groups excluding tert-OH is 1. The Kier molecular flexibility index (Phi) is 4.71. The van der Waals surface area contributed by atoms with Gasteiger partial charge in [0.15, 0.2) is 4.67 Å². The third kappa shape index (κ3) is 3.15. The van der Waals surface area contributed by atoms with Crippen molar-refractivity contribution in [3.8, 4) is 0 Å². The van der Waals surface area contributed by atoms with Crippen molar-refractivity contribution >= 4 is 15.9 Å². The minimum absolute atomic E-state index is 0.358. The molecule has 0 aliphatic rings. The van der Waals surface area contributed by atoms with E-state index in [0.717, 1.165) is 5.56 Å². The van der Waals surface area contributed by atoms with Crippen LogP contribution in [0.4, 0.5) is 0 Å². The summed E-state index contributed by atoms with van der Waals surface area (Å²) in [4.78, 5) is 0. The van der Waals surface area contributed by atoms with Gasteiger partial charge in [0, 0.05) is 0 Å². The normalized spacial score (nSPS) is 13.2. The minimum atomic E-state index is -0.722. The highest BCUT2D eigenvalue weighted by atomic mass is 79.9. The Hall–Kier alpha value is -1.06. The molecule has 0 saturated carbocycles. The lowest BCUT2D eigenvalue weighted by Gasteiger charge is -2.19. The molecule has 0 aliphatic carbocycles. The molecule has 1 N–H and O–H groups in total. The van der Waals surface area contributed by atoms with Gasteiger partial charge in [-0.05, 0) is 56.6 Å². The average molecular weight is 337 g/mol. The largest absolute Gasteiger partial charge is 0.451 e. The van der Waals surface area contributed by atoms with E-state index >= 15 is 0 Å². The molecule has 3 heteroatoms. The molecule has 2 nitrogen and oxygen atoms in total. The number of halogens is 1. The maximum atomic E-state index is 10.5. The molecule has 2 aromatic rings. The van der Waals surface area contributed by atoms with Crippen molar-refractivity contribution in [2.45, 2.75) is 45.6 Å². The molecule has 1 aromatic carbocycles. The van der Waals surface area contributed by atoms with Crippen LogP contribution in [0.5, 0.6) is 0 Å². The van der Waals surface area contributed by atoms with Crippen LogP contribution in [0.25, 0.3) is 0 Å². The van der Waals surface area contributed by atoms with E-state index in [-0.39, 0.29) is 0 Å². The van der Waals surface area contributed by atoms with Crippen molar-refractivity contribution in [1.29, 1.82) is 0 Å². The lowest BCUT2D eigenvalue weighted by atomic mass is 9.89. The van der Waals surface area contributed by atoms with Crippen LogP contribution in [-0.2, 0) is 0 Å². The predicted molar refractivity (Wildman–Crippen MR) is 85.1 cm³/mol. The third-order valence-electron chi connectivity index (χ3n) is 3.56. The molecule has 1 unspecified atom stereocenters. The zero-order valence-corrected chi connectivity index (χ0v) is 13.9. The fourth-order valence-corrected chi connectivity index (χ4v) is 2.65. The van der Waals surface area contributed by atoms with E-state index < -0.39 is 6.10 Å². The molecule has 0 amide bonds. The Bertz CT molecular complexity index is 584. The third-order valence-corrected chi connectivity index (χ3v) is 3.98. The zero-order valence-electron chi connectivity index (χ0n) is 12.4. The summed E-state index contributed by atoms with van der Waals surface area (Å²) in [5, 5.41) is 10.5. The second kappa shape index (κ2) is 6.15. The summed E-state index contributed by atoms with van der Waals surface area (Å²) >= 11 is 3.27. The molecule has 0 saturated heterocycles. The van der Waals surface area contributed by atoms with Gasteiger partial charge in [-0.25, -0.2) is 0 Å². The Morgan fingerprint density at radius 3 is 2.15 bits per heavy atom. The summed E-state index contributed by atoms with van der Waals surface area (Å²) in [6, 6.07) is 9.91. The molecule has 108 valence electrons. The molecule has 0 spiro atoms. The van der Waals surface area contributed by atoms with Crippen LogP contribution in [-0.4, -0.2) is 5.11 Å². The molecule has 0 fully saturated rings. The number of hydrogen-bond acceptors (Lipinski definition) is 2. The first kappa shape index (κ1) is 15.3. The molecular formula is C17H21BrO2. The molecule has 0 radical (unpaired) electrons. The van der Waals surface area contributed by atoms with Gasteiger partial charge in [-0.15, -0.1) is 0 Å². The van der Waals surface area contributed by atoms with Crippen molar-refractivity contribution < 1.29 is 9.52 Å². The van der Waals surface area contributed by atoms with Crippen LogP contribution in [0.1, 0.15) is 68.1 Å². The smallest absolute Gasteiger partial charge is 0.169 e. The molecule has 20 heavy (non-hydrogen) atoms. The maximum Gasteiger partial charge on any atom is 0.169 e. The van der Waals surface area contributed by atoms with Crippen LogP contribution >= 0.6 is 15.9 Å². The van der Waals surface area contributed by atoms with Gasteiger partial charge in [0.05, 0.1) is 0 Å². The molecule has 1 atom stereocenters. The lowest BCUT2D eigenvalue weighted by Crippen LogP contribution is -2.05. The van der Waals surface area contributed by atoms with E-state index in [1.165, 1.54) is 11.1 Å². The van der Waals surface area contributed by atoms with Gasteiger partial charge in [0.25, 0.3) is 0 Å². The topological polar surface area (TPSA) is 33.4 Å². The predicted octanol–water partition coefficient (Wildman–Crippen LogP) is 5.37. The fraction of sp³-hybridized carbons (Fsp3) is 0.412. The highest BCUT2D eigenvalue weighted by Gasteiger charge is 2.20. The number of benzene rings is 1. The van der Waals surface area contributed by atoms with Crippen molar-refractivity contribution in [3.63, 3.8) is 0 Å². The maximum absolute atomic E-state index is 10.5. The molecular weight excluding hydrogens is 316 g/mol. The van der Waals surface area contributed by atoms with E-state index in [4.69, 9.17) is 4.42 Å². The van der Waals surface area contributed by atoms with E-state index in [1.54, 1.807) is 12.1 Å². The van der Waals surface area contributed by atoms with Gasteiger partial charge >= 0.3 is 0 Å². The highest BCUT2D eigenvalue weighted by molar-refractivity contribution is 9.10. The zero-order chi connectivity index (χ0) is 14.9. The van der Waals surface area contributed by atoms with Crippen LogP contribution in [0.3, 0.4) is 0 Å². The van der Waals surface area contributed by atoms with Gasteiger partial charge in [-0.1, -0.05) is 45.9 Å². The van der Waals surface area contributed by atoms with Gasteiger partial charge in [-0.2, -0.15) is 0 Å². The van der Waals surface area contributed by atoms with E-state index in [0.29, 0.717) is 22.3 Å². The number of furan rings is 1. The highest BCUT2D eigenvalue weighted by Crippen LogP contribution is 2.33. The quantitative estimate of drug-likeness (QED) is 0.813. The first-order valence-corrected chi connectivity index (χ1v) is 7.76. The van der Waals surface area contributed by atoms with Crippen LogP contribution in [0.15, 0.2) is 39.4 Å². The Morgan fingerprint density at radius 1 is 0.950 bits per heavy atom. The first-order valence-electron chi connectivity index (χ1n) is 6.97. The fourth-order valence-electron chi connectivity index (χ4n) is 2.33. The van der Waals surface area contributed by atoms with Gasteiger partial charge in [-0.3, -0.25) is 0 Å². The van der Waals surface area contributed by atoms with Crippen LogP contribution in [0, 0.1) is 0 Å². The minimum Gasteiger partial charge on any atom is -0.451 e. The van der Waals surface area contributed by atoms with E-state index in [2.05, 4.69) is 55.8 Å². The molecule has 1 aromatic heterocycles. The summed E-state index contributed by atoms with van der Waals surface area (Å²) in [6.45, 7) is 8.65. The van der Waals surface area contributed by atoms with Crippen LogP contribution < -0.4 is 0 Å². The van der Waals surface area contributed by atoms with Gasteiger partial charge in [0.1, 0.15) is 11.9 Å². The number of aliphatic hydroxyl groups is 1. The molecule has 1 heterocycles. The van der Waals surface area contributed by atoms with Crippen molar-refractivity contribution in [2.24, 2.45) is 0 Å². The molecule has 0 bridgehead atoms. The molecule has 0 aliphatic heterocycles. The summed E-state index contributed by atoms with van der Waals surface area (Å²) in [5.41, 5.74) is 3.40. The molecule has 2 rings (SSSR count). The lowest BCUT2D eigenvalue weighted by molar-refractivity contribution is 0.186. The number of hydrogen-bond donors (Lipinski definition) is 1. The summed E-state index contributed by atoms with van der Waals surface area (Å²) < 4.78 is 6.11. The second-order valence-electron chi connectivity index (χ2n) is 5.74. The van der Waals surface area contributed by atoms with E-state index in [1.807, 2.05) is 6.07 Å². The second-order valence-corrected chi connectivity index (χ2v) is 6.52. The Labute approximate surface area is 128 Å². The average Bonchev–Trinajstić information content (AvgIpc) is 2.83. The Morgan fingerprint density at radius 2 is 1.65 bits per heavy atom.